The monoisotopic (exact) mass is 326 g/mol. The van der Waals surface area contributed by atoms with Gasteiger partial charge in [0, 0.05) is 31.0 Å². The number of urea groups is 1. The first-order chi connectivity index (χ1) is 10.6. The van der Waals surface area contributed by atoms with Crippen LogP contribution in [-0.2, 0) is 16.1 Å². The van der Waals surface area contributed by atoms with Crippen LogP contribution in [0.2, 0.25) is 0 Å². The van der Waals surface area contributed by atoms with Gasteiger partial charge < -0.3 is 20.1 Å². The molecule has 22 heavy (non-hydrogen) atoms. The van der Waals surface area contributed by atoms with Gasteiger partial charge in [0.15, 0.2) is 0 Å². The SMILES string of the molecule is O=C(O)CCCNC(=O)N(Cc1cccs1)CC1CCCO1. The van der Waals surface area contributed by atoms with E-state index in [2.05, 4.69) is 5.32 Å². The second kappa shape index (κ2) is 8.75. The summed E-state index contributed by atoms with van der Waals surface area (Å²) in [5.41, 5.74) is 0. The Hall–Kier alpha value is -1.60. The molecule has 0 radical (unpaired) electrons. The first-order valence-electron chi connectivity index (χ1n) is 7.53. The number of ether oxygens (including phenoxy) is 1. The number of thiophene rings is 1. The second-order valence-corrected chi connectivity index (χ2v) is 6.36. The van der Waals surface area contributed by atoms with Gasteiger partial charge in [0.25, 0.3) is 0 Å². The molecule has 2 amide bonds. The molecule has 1 saturated heterocycles. The van der Waals surface area contributed by atoms with Gasteiger partial charge in [-0.05, 0) is 30.7 Å². The average Bonchev–Trinajstić information content (AvgIpc) is 3.16. The number of nitrogens with one attached hydrogen (secondary N) is 1. The molecule has 1 aromatic heterocycles. The summed E-state index contributed by atoms with van der Waals surface area (Å²) in [6, 6.07) is 3.81. The zero-order chi connectivity index (χ0) is 15.8. The summed E-state index contributed by atoms with van der Waals surface area (Å²) in [5.74, 6) is -0.843. The first kappa shape index (κ1) is 16.8. The van der Waals surface area contributed by atoms with Crippen LogP contribution in [0.3, 0.4) is 0 Å². The molecule has 1 unspecified atom stereocenters. The number of aliphatic carboxylic acids is 1. The zero-order valence-corrected chi connectivity index (χ0v) is 13.3. The van der Waals surface area contributed by atoms with Crippen molar-refractivity contribution in [2.75, 3.05) is 19.7 Å². The van der Waals surface area contributed by atoms with Gasteiger partial charge in [-0.15, -0.1) is 11.3 Å². The first-order valence-corrected chi connectivity index (χ1v) is 8.41. The number of carboxylic acids is 1. The van der Waals surface area contributed by atoms with Crippen molar-refractivity contribution in [3.8, 4) is 0 Å². The minimum Gasteiger partial charge on any atom is -0.481 e. The van der Waals surface area contributed by atoms with E-state index < -0.39 is 5.97 Å². The highest BCUT2D eigenvalue weighted by molar-refractivity contribution is 7.09. The van der Waals surface area contributed by atoms with E-state index >= 15 is 0 Å². The maximum absolute atomic E-state index is 12.3. The number of carbonyl (C=O) groups is 2. The third-order valence-electron chi connectivity index (χ3n) is 3.51. The summed E-state index contributed by atoms with van der Waals surface area (Å²) in [6.07, 6.45) is 2.63. The van der Waals surface area contributed by atoms with Crippen LogP contribution in [0.1, 0.15) is 30.6 Å². The number of rotatable bonds is 8. The predicted molar refractivity (Wildman–Crippen MR) is 84.0 cm³/mol. The lowest BCUT2D eigenvalue weighted by Crippen LogP contribution is -2.43. The van der Waals surface area contributed by atoms with Crippen LogP contribution in [0.25, 0.3) is 0 Å². The molecule has 1 atom stereocenters. The number of carbonyl (C=O) groups excluding carboxylic acids is 1. The fourth-order valence-electron chi connectivity index (χ4n) is 2.39. The van der Waals surface area contributed by atoms with E-state index in [0.717, 1.165) is 24.3 Å². The van der Waals surface area contributed by atoms with E-state index in [9.17, 15) is 9.59 Å². The lowest BCUT2D eigenvalue weighted by molar-refractivity contribution is -0.137. The molecular weight excluding hydrogens is 304 g/mol. The molecule has 1 aliphatic rings. The summed E-state index contributed by atoms with van der Waals surface area (Å²) in [4.78, 5) is 25.7. The summed E-state index contributed by atoms with van der Waals surface area (Å²) in [7, 11) is 0. The van der Waals surface area contributed by atoms with Crippen LogP contribution in [0, 0.1) is 0 Å². The van der Waals surface area contributed by atoms with Crippen LogP contribution in [-0.4, -0.2) is 47.8 Å². The Balaban J connectivity index is 1.84. The van der Waals surface area contributed by atoms with E-state index in [1.54, 1.807) is 16.2 Å². The Morgan fingerprint density at radius 1 is 1.50 bits per heavy atom. The van der Waals surface area contributed by atoms with Crippen LogP contribution < -0.4 is 5.32 Å². The molecule has 2 heterocycles. The Bertz CT molecular complexity index is 472. The molecule has 6 nitrogen and oxygen atoms in total. The highest BCUT2D eigenvalue weighted by Crippen LogP contribution is 2.17. The van der Waals surface area contributed by atoms with Crippen LogP contribution in [0.5, 0.6) is 0 Å². The van der Waals surface area contributed by atoms with E-state index in [4.69, 9.17) is 9.84 Å². The third kappa shape index (κ3) is 5.65. The minimum atomic E-state index is -0.843. The largest absolute Gasteiger partial charge is 0.481 e. The van der Waals surface area contributed by atoms with Crippen LogP contribution >= 0.6 is 11.3 Å². The van der Waals surface area contributed by atoms with Gasteiger partial charge in [0.05, 0.1) is 12.6 Å². The number of amides is 2. The molecule has 1 aliphatic heterocycles. The van der Waals surface area contributed by atoms with Crippen molar-refractivity contribution < 1.29 is 19.4 Å². The van der Waals surface area contributed by atoms with E-state index in [1.807, 2.05) is 17.5 Å². The lowest BCUT2D eigenvalue weighted by Gasteiger charge is -2.25. The quantitative estimate of drug-likeness (QED) is 0.719. The molecular formula is C15H22N2O4S. The Morgan fingerprint density at radius 3 is 3.00 bits per heavy atom. The van der Waals surface area contributed by atoms with E-state index in [1.165, 1.54) is 0 Å². The fourth-order valence-corrected chi connectivity index (χ4v) is 3.11. The van der Waals surface area contributed by atoms with Crippen molar-refractivity contribution in [2.24, 2.45) is 0 Å². The molecule has 0 saturated carbocycles. The molecule has 7 heteroatoms. The van der Waals surface area contributed by atoms with Crippen molar-refractivity contribution in [2.45, 2.75) is 38.3 Å². The van der Waals surface area contributed by atoms with Gasteiger partial charge in [-0.2, -0.15) is 0 Å². The summed E-state index contributed by atoms with van der Waals surface area (Å²) in [6.45, 7) is 2.26. The van der Waals surface area contributed by atoms with E-state index in [-0.39, 0.29) is 18.6 Å². The minimum absolute atomic E-state index is 0.0664. The van der Waals surface area contributed by atoms with Crippen molar-refractivity contribution in [3.05, 3.63) is 22.4 Å². The highest BCUT2D eigenvalue weighted by Gasteiger charge is 2.22. The smallest absolute Gasteiger partial charge is 0.317 e. The summed E-state index contributed by atoms with van der Waals surface area (Å²) >= 11 is 1.62. The molecule has 0 spiro atoms. The van der Waals surface area contributed by atoms with Gasteiger partial charge in [-0.1, -0.05) is 6.07 Å². The molecule has 0 aliphatic carbocycles. The van der Waals surface area contributed by atoms with Gasteiger partial charge in [-0.25, -0.2) is 4.79 Å². The van der Waals surface area contributed by atoms with Gasteiger partial charge in [0.2, 0.25) is 0 Å². The highest BCUT2D eigenvalue weighted by atomic mass is 32.1. The zero-order valence-electron chi connectivity index (χ0n) is 12.5. The van der Waals surface area contributed by atoms with Gasteiger partial charge in [-0.3, -0.25) is 4.79 Å². The summed E-state index contributed by atoms with van der Waals surface area (Å²) < 4.78 is 5.61. The maximum atomic E-state index is 12.3. The Morgan fingerprint density at radius 2 is 2.36 bits per heavy atom. The van der Waals surface area contributed by atoms with Crippen LogP contribution in [0.4, 0.5) is 4.79 Å². The summed E-state index contributed by atoms with van der Waals surface area (Å²) in [5, 5.41) is 13.4. The maximum Gasteiger partial charge on any atom is 0.317 e. The third-order valence-corrected chi connectivity index (χ3v) is 4.37. The normalized spacial score (nSPS) is 17.4. The van der Waals surface area contributed by atoms with E-state index in [0.29, 0.717) is 26.1 Å². The lowest BCUT2D eigenvalue weighted by atomic mass is 10.2. The molecule has 1 aromatic rings. The van der Waals surface area contributed by atoms with Gasteiger partial charge >= 0.3 is 12.0 Å². The molecule has 122 valence electrons. The van der Waals surface area contributed by atoms with Crippen molar-refractivity contribution >= 4 is 23.3 Å². The molecule has 2 N–H and O–H groups in total. The fraction of sp³-hybridized carbons (Fsp3) is 0.600. The van der Waals surface area contributed by atoms with Crippen molar-refractivity contribution in [1.82, 2.24) is 10.2 Å². The molecule has 0 bridgehead atoms. The Kier molecular flexibility index (Phi) is 6.67. The number of hydrogen-bond donors (Lipinski definition) is 2. The number of carboxylic acid groups (broad SMARTS) is 1. The Labute approximate surface area is 134 Å². The topological polar surface area (TPSA) is 78.9 Å². The molecule has 0 aromatic carbocycles. The molecule has 1 fully saturated rings. The van der Waals surface area contributed by atoms with Crippen LogP contribution in [0.15, 0.2) is 17.5 Å². The second-order valence-electron chi connectivity index (χ2n) is 5.32. The standard InChI is InChI=1S/C15H22N2O4S/c18-14(19)6-1-7-16-15(20)17(10-12-4-2-8-21-12)11-13-5-3-9-22-13/h3,5,9,12H,1-2,4,6-8,10-11H2,(H,16,20)(H,18,19). The van der Waals surface area contributed by atoms with Gasteiger partial charge in [0.1, 0.15) is 0 Å². The number of nitrogens with zero attached hydrogens (tertiary/aromatic N) is 1. The van der Waals surface area contributed by atoms with Crippen molar-refractivity contribution in [1.29, 1.82) is 0 Å². The van der Waals surface area contributed by atoms with Crippen molar-refractivity contribution in [3.63, 3.8) is 0 Å². The molecule has 2 rings (SSSR count). The number of hydrogen-bond acceptors (Lipinski definition) is 4. The average molecular weight is 326 g/mol. The predicted octanol–water partition coefficient (Wildman–Crippen LogP) is 2.30.